The van der Waals surface area contributed by atoms with Crippen molar-refractivity contribution in [1.82, 2.24) is 15.5 Å². The number of halogens is 1. The molecule has 1 aromatic rings. The van der Waals surface area contributed by atoms with Gasteiger partial charge in [0.05, 0.1) is 19.3 Å². The van der Waals surface area contributed by atoms with Crippen LogP contribution < -0.4 is 10.6 Å². The predicted octanol–water partition coefficient (Wildman–Crippen LogP) is 3.20. The van der Waals surface area contributed by atoms with E-state index >= 15 is 0 Å². The van der Waals surface area contributed by atoms with Crippen LogP contribution in [0.5, 0.6) is 0 Å². The van der Waals surface area contributed by atoms with Crippen LogP contribution in [0, 0.1) is 12.8 Å². The van der Waals surface area contributed by atoms with Crippen molar-refractivity contribution < 1.29 is 4.74 Å². The highest BCUT2D eigenvalue weighted by molar-refractivity contribution is 14.0. The van der Waals surface area contributed by atoms with E-state index in [0.29, 0.717) is 12.0 Å². The average Bonchev–Trinajstić information content (AvgIpc) is 2.62. The van der Waals surface area contributed by atoms with Gasteiger partial charge in [0.1, 0.15) is 0 Å². The van der Waals surface area contributed by atoms with E-state index in [0.717, 1.165) is 51.9 Å². The lowest BCUT2D eigenvalue weighted by atomic mass is 10.0. The third-order valence-corrected chi connectivity index (χ3v) is 4.37. The minimum absolute atomic E-state index is 0. The Morgan fingerprint density at radius 3 is 2.38 bits per heavy atom. The van der Waals surface area contributed by atoms with E-state index in [4.69, 9.17) is 4.74 Å². The van der Waals surface area contributed by atoms with Crippen LogP contribution in [0.25, 0.3) is 0 Å². The van der Waals surface area contributed by atoms with Gasteiger partial charge in [-0.3, -0.25) is 9.89 Å². The summed E-state index contributed by atoms with van der Waals surface area (Å²) in [6, 6.07) is 9.21. The van der Waals surface area contributed by atoms with Gasteiger partial charge in [-0.05, 0) is 25.3 Å². The third-order valence-electron chi connectivity index (χ3n) is 4.37. The lowest BCUT2D eigenvalue weighted by molar-refractivity contribution is 0.0170. The molecule has 2 rings (SSSR count). The maximum atomic E-state index is 5.54. The fraction of sp³-hybridized carbons (Fsp3) is 0.650. The van der Waals surface area contributed by atoms with Gasteiger partial charge in [-0.2, -0.15) is 0 Å². The Labute approximate surface area is 176 Å². The smallest absolute Gasteiger partial charge is 0.191 e. The van der Waals surface area contributed by atoms with E-state index in [9.17, 15) is 0 Å². The van der Waals surface area contributed by atoms with Crippen LogP contribution in [0.15, 0.2) is 29.3 Å². The zero-order valence-corrected chi connectivity index (χ0v) is 19.0. The maximum Gasteiger partial charge on any atom is 0.191 e. The van der Waals surface area contributed by atoms with Crippen LogP contribution in [0.3, 0.4) is 0 Å². The third kappa shape index (κ3) is 7.80. The molecule has 1 saturated heterocycles. The Morgan fingerprint density at radius 1 is 1.15 bits per heavy atom. The highest BCUT2D eigenvalue weighted by Gasteiger charge is 2.22. The summed E-state index contributed by atoms with van der Waals surface area (Å²) in [6.45, 7) is 14.7. The highest BCUT2D eigenvalue weighted by Crippen LogP contribution is 2.21. The molecule has 1 fully saturated rings. The Kier molecular flexibility index (Phi) is 11.2. The van der Waals surface area contributed by atoms with Crippen LogP contribution in [0.1, 0.15) is 37.9 Å². The summed E-state index contributed by atoms with van der Waals surface area (Å²) in [7, 11) is 0. The summed E-state index contributed by atoms with van der Waals surface area (Å²) in [5, 5.41) is 6.90. The first-order chi connectivity index (χ1) is 12.1. The molecule has 6 heteroatoms. The Balaban J connectivity index is 0.00000338. The Hall–Kier alpha value is -0.860. The molecular formula is C20H35IN4O. The zero-order valence-electron chi connectivity index (χ0n) is 16.6. The van der Waals surface area contributed by atoms with Crippen molar-refractivity contribution in [3.63, 3.8) is 0 Å². The summed E-state index contributed by atoms with van der Waals surface area (Å²) in [6.07, 6.45) is 0. The lowest BCUT2D eigenvalue weighted by Gasteiger charge is -2.35. The molecule has 1 heterocycles. The lowest BCUT2D eigenvalue weighted by Crippen LogP contribution is -2.46. The predicted molar refractivity (Wildman–Crippen MR) is 121 cm³/mol. The molecule has 1 aliphatic rings. The van der Waals surface area contributed by atoms with E-state index in [2.05, 4.69) is 72.5 Å². The quantitative estimate of drug-likeness (QED) is 0.362. The van der Waals surface area contributed by atoms with E-state index in [1.54, 1.807) is 0 Å². The van der Waals surface area contributed by atoms with Crippen LogP contribution >= 0.6 is 24.0 Å². The fourth-order valence-electron chi connectivity index (χ4n) is 2.94. The van der Waals surface area contributed by atoms with Crippen molar-refractivity contribution in [3.05, 3.63) is 35.4 Å². The molecule has 0 saturated carbocycles. The SMILES string of the molecule is CCNC(=NCC(C)C)NCC(c1ccc(C)cc1)N1CCOCC1.I. The van der Waals surface area contributed by atoms with Crippen LogP contribution in [-0.4, -0.2) is 56.8 Å². The van der Waals surface area contributed by atoms with Gasteiger partial charge >= 0.3 is 0 Å². The minimum Gasteiger partial charge on any atom is -0.379 e. The standard InChI is InChI=1S/C20H34N4O.HI/c1-5-21-20(22-14-16(2)3)23-15-19(24-10-12-25-13-11-24)18-8-6-17(4)7-9-18;/h6-9,16,19H,5,10-15H2,1-4H3,(H2,21,22,23);1H. The molecule has 0 aliphatic carbocycles. The number of morpholine rings is 1. The number of nitrogens with zero attached hydrogens (tertiary/aromatic N) is 2. The maximum absolute atomic E-state index is 5.54. The Morgan fingerprint density at radius 2 is 1.81 bits per heavy atom. The molecular weight excluding hydrogens is 439 g/mol. The molecule has 1 aromatic carbocycles. The zero-order chi connectivity index (χ0) is 18.1. The largest absolute Gasteiger partial charge is 0.379 e. The van der Waals surface area contributed by atoms with Gasteiger partial charge in [0.2, 0.25) is 0 Å². The van der Waals surface area contributed by atoms with E-state index in [-0.39, 0.29) is 24.0 Å². The van der Waals surface area contributed by atoms with Crippen molar-refractivity contribution in [3.8, 4) is 0 Å². The molecule has 5 nitrogen and oxygen atoms in total. The number of rotatable bonds is 7. The summed E-state index contributed by atoms with van der Waals surface area (Å²) in [5.41, 5.74) is 2.64. The van der Waals surface area contributed by atoms with Crippen LogP contribution in [-0.2, 0) is 4.74 Å². The minimum atomic E-state index is 0. The molecule has 0 bridgehead atoms. The molecule has 1 aliphatic heterocycles. The molecule has 0 spiro atoms. The number of hydrogen-bond acceptors (Lipinski definition) is 3. The monoisotopic (exact) mass is 474 g/mol. The van der Waals surface area contributed by atoms with Crippen molar-refractivity contribution >= 4 is 29.9 Å². The number of nitrogens with one attached hydrogen (secondary N) is 2. The molecule has 0 radical (unpaired) electrons. The molecule has 1 unspecified atom stereocenters. The second-order valence-corrected chi connectivity index (χ2v) is 7.07. The normalized spacial score (nSPS) is 16.9. The van der Waals surface area contributed by atoms with Gasteiger partial charge in [-0.1, -0.05) is 43.7 Å². The highest BCUT2D eigenvalue weighted by atomic mass is 127. The van der Waals surface area contributed by atoms with Crippen LogP contribution in [0.2, 0.25) is 0 Å². The summed E-state index contributed by atoms with van der Waals surface area (Å²) in [4.78, 5) is 7.20. The van der Waals surface area contributed by atoms with Gasteiger partial charge in [0.25, 0.3) is 0 Å². The topological polar surface area (TPSA) is 48.9 Å². The van der Waals surface area contributed by atoms with Gasteiger partial charge in [0, 0.05) is 32.7 Å². The number of ether oxygens (including phenoxy) is 1. The van der Waals surface area contributed by atoms with Gasteiger partial charge < -0.3 is 15.4 Å². The van der Waals surface area contributed by atoms with E-state index < -0.39 is 0 Å². The van der Waals surface area contributed by atoms with Gasteiger partial charge in [-0.15, -0.1) is 24.0 Å². The first-order valence-corrected chi connectivity index (χ1v) is 9.50. The first kappa shape index (κ1) is 23.2. The second-order valence-electron chi connectivity index (χ2n) is 7.07. The number of aliphatic imine (C=N–C) groups is 1. The van der Waals surface area contributed by atoms with Crippen molar-refractivity contribution in [1.29, 1.82) is 0 Å². The molecule has 0 aromatic heterocycles. The molecule has 148 valence electrons. The Bertz CT molecular complexity index is 527. The van der Waals surface area contributed by atoms with Crippen molar-refractivity contribution in [2.45, 2.75) is 33.7 Å². The van der Waals surface area contributed by atoms with Crippen LogP contribution in [0.4, 0.5) is 0 Å². The first-order valence-electron chi connectivity index (χ1n) is 9.50. The van der Waals surface area contributed by atoms with Gasteiger partial charge in [-0.25, -0.2) is 0 Å². The number of hydrogen-bond donors (Lipinski definition) is 2. The number of aryl methyl sites for hydroxylation is 1. The molecule has 26 heavy (non-hydrogen) atoms. The van der Waals surface area contributed by atoms with Crippen molar-refractivity contribution in [2.24, 2.45) is 10.9 Å². The second kappa shape index (κ2) is 12.5. The summed E-state index contributed by atoms with van der Waals surface area (Å²) in [5.74, 6) is 1.46. The number of benzene rings is 1. The number of guanidine groups is 1. The van der Waals surface area contributed by atoms with Gasteiger partial charge in [0.15, 0.2) is 5.96 Å². The fourth-order valence-corrected chi connectivity index (χ4v) is 2.94. The summed E-state index contributed by atoms with van der Waals surface area (Å²) >= 11 is 0. The van der Waals surface area contributed by atoms with Crippen molar-refractivity contribution in [2.75, 3.05) is 45.9 Å². The summed E-state index contributed by atoms with van der Waals surface area (Å²) < 4.78 is 5.54. The van der Waals surface area contributed by atoms with E-state index in [1.165, 1.54) is 11.1 Å². The average molecular weight is 474 g/mol. The van der Waals surface area contributed by atoms with E-state index in [1.807, 2.05) is 0 Å². The molecule has 2 N–H and O–H groups in total. The molecule has 1 atom stereocenters. The molecule has 0 amide bonds.